The molecular formula is C71H101NO11. The molecule has 1 fully saturated rings. The van der Waals surface area contributed by atoms with Gasteiger partial charge in [-0.1, -0.05) is 147 Å². The number of likely N-dealkylation sites (tertiary alicyclic amines) is 1. The molecule has 1 amide bonds. The van der Waals surface area contributed by atoms with Crippen molar-refractivity contribution in [3.05, 3.63) is 118 Å². The SMILES string of the molecule is CCC(=O)CCC(=O)O[C@@H]1C[C@@H](COC(c2ccccc2)(c2ccc(OC)cc2)c2ccc(OC)cc2)N(C(=O)CCCCCCC(=O)OCCOc2c(C)c(C)c3c(c2C)CC[C@@](C)(CCC[C@H](C)CCC[C@H](C)CCCC(C)C)O3)C1. The Morgan fingerprint density at radius 3 is 1.86 bits per heavy atom. The lowest BCUT2D eigenvalue weighted by molar-refractivity contribution is -0.150. The van der Waals surface area contributed by atoms with Gasteiger partial charge in [0.1, 0.15) is 59.3 Å². The van der Waals surface area contributed by atoms with Gasteiger partial charge in [-0.15, -0.1) is 0 Å². The fraction of sp³-hybridized carbons (Fsp3) is 0.606. The average molecular weight is 1140 g/mol. The molecule has 1 saturated heterocycles. The highest BCUT2D eigenvalue weighted by molar-refractivity contribution is 5.83. The number of ether oxygens (including phenoxy) is 7. The molecule has 0 aliphatic carbocycles. The van der Waals surface area contributed by atoms with Crippen LogP contribution in [0.5, 0.6) is 23.0 Å². The van der Waals surface area contributed by atoms with Gasteiger partial charge in [-0.3, -0.25) is 19.2 Å². The van der Waals surface area contributed by atoms with E-state index in [1.54, 1.807) is 26.0 Å². The summed E-state index contributed by atoms with van der Waals surface area (Å²) < 4.78 is 43.2. The van der Waals surface area contributed by atoms with E-state index in [9.17, 15) is 19.2 Å². The number of nitrogens with zero attached hydrogens (tertiary/aromatic N) is 1. The van der Waals surface area contributed by atoms with E-state index in [0.717, 1.165) is 94.7 Å². The molecule has 12 heteroatoms. The molecule has 4 aromatic rings. The molecular weight excluding hydrogens is 1040 g/mol. The first-order valence-electron chi connectivity index (χ1n) is 31.5. The van der Waals surface area contributed by atoms with E-state index in [1.807, 2.05) is 78.9 Å². The largest absolute Gasteiger partial charge is 0.497 e. The number of methoxy groups -OCH3 is 2. The second-order valence-electron chi connectivity index (χ2n) is 24.7. The van der Waals surface area contributed by atoms with Crippen LogP contribution in [0, 0.1) is 38.5 Å². The zero-order valence-electron chi connectivity index (χ0n) is 52.5. The Hall–Kier alpha value is -5.88. The minimum absolute atomic E-state index is 0.00311. The van der Waals surface area contributed by atoms with E-state index < -0.39 is 23.7 Å². The fourth-order valence-electron chi connectivity index (χ4n) is 12.3. The van der Waals surface area contributed by atoms with E-state index in [-0.39, 0.29) is 75.3 Å². The van der Waals surface area contributed by atoms with Gasteiger partial charge in [-0.05, 0) is 142 Å². The molecule has 83 heavy (non-hydrogen) atoms. The van der Waals surface area contributed by atoms with Gasteiger partial charge in [0.05, 0.1) is 39.8 Å². The van der Waals surface area contributed by atoms with Crippen LogP contribution in [0.25, 0.3) is 0 Å². The molecule has 12 nitrogen and oxygen atoms in total. The highest BCUT2D eigenvalue weighted by Gasteiger charge is 2.43. The first kappa shape index (κ1) is 66.3. The summed E-state index contributed by atoms with van der Waals surface area (Å²) >= 11 is 0. The van der Waals surface area contributed by atoms with Gasteiger partial charge in [-0.2, -0.15) is 0 Å². The molecule has 0 N–H and O–H groups in total. The number of esters is 2. The van der Waals surface area contributed by atoms with E-state index >= 15 is 0 Å². The third-order valence-electron chi connectivity index (χ3n) is 17.6. The lowest BCUT2D eigenvalue weighted by atomic mass is 9.80. The van der Waals surface area contributed by atoms with Gasteiger partial charge >= 0.3 is 11.9 Å². The van der Waals surface area contributed by atoms with Crippen LogP contribution in [0.3, 0.4) is 0 Å². The van der Waals surface area contributed by atoms with Crippen molar-refractivity contribution in [2.24, 2.45) is 17.8 Å². The molecule has 6 rings (SSSR count). The van der Waals surface area contributed by atoms with Crippen LogP contribution in [0.2, 0.25) is 0 Å². The van der Waals surface area contributed by atoms with Crippen molar-refractivity contribution >= 4 is 23.6 Å². The maximum absolute atomic E-state index is 14.2. The van der Waals surface area contributed by atoms with Gasteiger partial charge < -0.3 is 38.1 Å². The average Bonchev–Trinajstić information content (AvgIpc) is 2.63. The molecule has 2 aliphatic rings. The number of hydrogen-bond acceptors (Lipinski definition) is 11. The highest BCUT2D eigenvalue weighted by atomic mass is 16.6. The monoisotopic (exact) mass is 1140 g/mol. The zero-order valence-corrected chi connectivity index (χ0v) is 52.5. The number of unbranched alkanes of at least 4 members (excludes halogenated alkanes) is 3. The van der Waals surface area contributed by atoms with Crippen molar-refractivity contribution in [3.8, 4) is 23.0 Å². The maximum atomic E-state index is 14.2. The fourth-order valence-corrected chi connectivity index (χ4v) is 12.3. The molecule has 456 valence electrons. The number of carbonyl (C=O) groups is 4. The lowest BCUT2D eigenvalue weighted by Gasteiger charge is -2.38. The summed E-state index contributed by atoms with van der Waals surface area (Å²) in [5.41, 5.74) is 5.84. The third kappa shape index (κ3) is 19.3. The van der Waals surface area contributed by atoms with E-state index in [4.69, 9.17) is 33.2 Å². The predicted molar refractivity (Wildman–Crippen MR) is 330 cm³/mol. The molecule has 0 radical (unpaired) electrons. The number of fused-ring (bicyclic) bond motifs is 1. The Bertz CT molecular complexity index is 2600. The number of amides is 1. The minimum Gasteiger partial charge on any atom is -0.497 e. The summed E-state index contributed by atoms with van der Waals surface area (Å²) in [7, 11) is 3.26. The van der Waals surface area contributed by atoms with E-state index in [2.05, 4.69) is 55.4 Å². The van der Waals surface area contributed by atoms with Crippen LogP contribution in [-0.2, 0) is 45.4 Å². The molecule has 0 saturated carbocycles. The van der Waals surface area contributed by atoms with Crippen LogP contribution >= 0.6 is 0 Å². The normalized spacial score (nSPS) is 17.6. The van der Waals surface area contributed by atoms with Crippen molar-refractivity contribution < 1.29 is 52.3 Å². The molecule has 5 atom stereocenters. The van der Waals surface area contributed by atoms with E-state index in [0.29, 0.717) is 37.2 Å². The van der Waals surface area contributed by atoms with Gasteiger partial charge in [0.2, 0.25) is 5.91 Å². The van der Waals surface area contributed by atoms with Gasteiger partial charge in [-0.25, -0.2) is 0 Å². The highest BCUT2D eigenvalue weighted by Crippen LogP contribution is 2.46. The Morgan fingerprint density at radius 2 is 1.25 bits per heavy atom. The molecule has 0 bridgehead atoms. The molecule has 2 aliphatic heterocycles. The number of rotatable bonds is 36. The van der Waals surface area contributed by atoms with Gasteiger partial charge in [0.25, 0.3) is 0 Å². The Kier molecular flexibility index (Phi) is 26.3. The standard InChI is InChI=1S/C71H101NO11/c1-12-60(73)36-41-67(76)82-63-47-59(49-81-71(56-28-16-15-17-29-56,57-32-37-61(77-10)38-33-57)58-34-39-62(78-11)40-35-58)72(48-63)65(74)30-18-13-14-19-31-66(75)79-45-46-80-68-53(6)54(7)69-64(55(68)8)42-44-70(9,83-69)43-22-27-52(5)26-21-25-51(4)24-20-23-50(2)3/h15-17,28-29,32-35,37-40,50-52,59,63H,12-14,18-27,30-31,36,41-49H2,1-11H3/t51-,52-,59+,63-,70-/m1/s1. The van der Waals surface area contributed by atoms with Crippen molar-refractivity contribution in [2.75, 3.05) is 40.6 Å². The quantitative estimate of drug-likeness (QED) is 0.0245. The van der Waals surface area contributed by atoms with Crippen LogP contribution in [0.1, 0.15) is 209 Å². The minimum atomic E-state index is -1.11. The predicted octanol–water partition coefficient (Wildman–Crippen LogP) is 15.7. The van der Waals surface area contributed by atoms with Crippen LogP contribution in [0.15, 0.2) is 78.9 Å². The molecule has 0 spiro atoms. The molecule has 2 heterocycles. The molecule has 0 unspecified atom stereocenters. The number of ketones is 1. The second kappa shape index (κ2) is 33.0. The Labute approximate surface area is 498 Å². The second-order valence-corrected chi connectivity index (χ2v) is 24.7. The van der Waals surface area contributed by atoms with Gasteiger partial charge in [0.15, 0.2) is 0 Å². The summed E-state index contributed by atoms with van der Waals surface area (Å²) in [5.74, 6) is 4.87. The Morgan fingerprint density at radius 1 is 0.663 bits per heavy atom. The topological polar surface area (TPSA) is 136 Å². The number of hydrogen-bond donors (Lipinski definition) is 0. The number of carbonyl (C=O) groups excluding carboxylic acids is 4. The zero-order chi connectivity index (χ0) is 59.9. The van der Waals surface area contributed by atoms with Crippen LogP contribution in [-0.4, -0.2) is 86.9 Å². The summed E-state index contributed by atoms with van der Waals surface area (Å²) in [4.78, 5) is 54.1. The smallest absolute Gasteiger partial charge is 0.306 e. The maximum Gasteiger partial charge on any atom is 0.306 e. The van der Waals surface area contributed by atoms with Crippen molar-refractivity contribution in [3.63, 3.8) is 0 Å². The first-order chi connectivity index (χ1) is 39.9. The molecule has 0 aromatic heterocycles. The Balaban J connectivity index is 0.969. The number of Topliss-reactive ketones (excluding diaryl/α,β-unsaturated/α-hetero) is 1. The summed E-state index contributed by atoms with van der Waals surface area (Å²) in [6, 6.07) is 25.2. The van der Waals surface area contributed by atoms with Crippen molar-refractivity contribution in [1.29, 1.82) is 0 Å². The summed E-state index contributed by atoms with van der Waals surface area (Å²) in [6.07, 6.45) is 17.1. The lowest BCUT2D eigenvalue weighted by Crippen LogP contribution is -2.42. The van der Waals surface area contributed by atoms with Crippen LogP contribution in [0.4, 0.5) is 0 Å². The van der Waals surface area contributed by atoms with E-state index in [1.165, 1.54) is 56.9 Å². The summed E-state index contributed by atoms with van der Waals surface area (Å²) in [5, 5.41) is 0. The summed E-state index contributed by atoms with van der Waals surface area (Å²) in [6.45, 7) is 20.7. The molecule has 4 aromatic carbocycles. The number of benzene rings is 4. The van der Waals surface area contributed by atoms with Gasteiger partial charge in [0, 0.05) is 37.7 Å². The van der Waals surface area contributed by atoms with Crippen molar-refractivity contribution in [1.82, 2.24) is 4.90 Å². The van der Waals surface area contributed by atoms with Crippen molar-refractivity contribution in [2.45, 2.75) is 220 Å². The first-order valence-corrected chi connectivity index (χ1v) is 31.5. The third-order valence-corrected chi connectivity index (χ3v) is 17.6. The van der Waals surface area contributed by atoms with Crippen LogP contribution < -0.4 is 18.9 Å².